The Morgan fingerprint density at radius 2 is 1.81 bits per heavy atom. The summed E-state index contributed by atoms with van der Waals surface area (Å²) in [4.78, 5) is 27.6. The second-order valence-electron chi connectivity index (χ2n) is 7.66. The molecule has 0 saturated carbocycles. The molecule has 174 valence electrons. The molecule has 0 aliphatic rings. The highest BCUT2D eigenvalue weighted by atomic mass is 79.9. The van der Waals surface area contributed by atoms with Gasteiger partial charge in [-0.3, -0.25) is 9.59 Å². The Morgan fingerprint density at radius 1 is 1.06 bits per heavy atom. The highest BCUT2D eigenvalue weighted by Crippen LogP contribution is 2.28. The fourth-order valence-corrected chi connectivity index (χ4v) is 3.83. The molecule has 2 rings (SSSR count). The van der Waals surface area contributed by atoms with Gasteiger partial charge in [-0.15, -0.1) is 0 Å². The molecule has 0 aliphatic heterocycles. The summed E-state index contributed by atoms with van der Waals surface area (Å²) in [5.74, 6) is 1.08. The minimum atomic E-state index is -0.566. The van der Waals surface area contributed by atoms with E-state index in [1.54, 1.807) is 26.0 Å². The van der Waals surface area contributed by atoms with Crippen molar-refractivity contribution in [3.8, 4) is 11.5 Å². The van der Waals surface area contributed by atoms with Crippen LogP contribution in [0.3, 0.4) is 0 Å². The predicted octanol–water partition coefficient (Wildman–Crippen LogP) is 4.73. The van der Waals surface area contributed by atoms with E-state index in [4.69, 9.17) is 9.47 Å². The summed E-state index contributed by atoms with van der Waals surface area (Å²) in [6.45, 7) is 4.84. The van der Waals surface area contributed by atoms with Gasteiger partial charge in [0.2, 0.25) is 11.8 Å². The molecular weight excluding hydrogens is 472 g/mol. The Morgan fingerprint density at radius 3 is 2.47 bits per heavy atom. The van der Waals surface area contributed by atoms with Crippen LogP contribution in [0.15, 0.2) is 46.9 Å². The van der Waals surface area contributed by atoms with Crippen molar-refractivity contribution >= 4 is 27.7 Å². The third-order valence-electron chi connectivity index (χ3n) is 5.31. The summed E-state index contributed by atoms with van der Waals surface area (Å²) in [5.41, 5.74) is 1.94. The van der Waals surface area contributed by atoms with Crippen molar-refractivity contribution in [2.75, 3.05) is 20.8 Å². The average molecular weight is 505 g/mol. The van der Waals surface area contributed by atoms with Crippen LogP contribution in [0, 0.1) is 0 Å². The number of nitrogens with zero attached hydrogens (tertiary/aromatic N) is 1. The van der Waals surface area contributed by atoms with Crippen molar-refractivity contribution in [1.29, 1.82) is 0 Å². The van der Waals surface area contributed by atoms with Gasteiger partial charge >= 0.3 is 0 Å². The van der Waals surface area contributed by atoms with Gasteiger partial charge in [0.1, 0.15) is 6.04 Å². The quantitative estimate of drug-likeness (QED) is 0.424. The molecule has 0 aromatic heterocycles. The van der Waals surface area contributed by atoms with E-state index in [1.807, 2.05) is 42.5 Å². The molecule has 0 bridgehead atoms. The largest absolute Gasteiger partial charge is 0.493 e. The van der Waals surface area contributed by atoms with E-state index in [1.165, 1.54) is 0 Å². The second-order valence-corrected chi connectivity index (χ2v) is 8.58. The molecule has 0 heterocycles. The molecule has 0 spiro atoms. The fraction of sp³-hybridized carbons (Fsp3) is 0.440. The average Bonchev–Trinajstić information content (AvgIpc) is 2.80. The third-order valence-corrected chi connectivity index (χ3v) is 5.81. The molecule has 0 aliphatic carbocycles. The van der Waals surface area contributed by atoms with Gasteiger partial charge < -0.3 is 19.7 Å². The number of amides is 2. The number of hydrogen-bond acceptors (Lipinski definition) is 4. The number of unbranched alkanes of at least 4 members (excludes halogenated alkanes) is 1. The van der Waals surface area contributed by atoms with Crippen molar-refractivity contribution in [1.82, 2.24) is 10.2 Å². The maximum absolute atomic E-state index is 13.2. The maximum atomic E-state index is 13.2. The molecule has 2 aromatic rings. The Hall–Kier alpha value is -2.54. The molecular formula is C25H33BrN2O4. The van der Waals surface area contributed by atoms with E-state index < -0.39 is 6.04 Å². The summed E-state index contributed by atoms with van der Waals surface area (Å²) in [5, 5.41) is 2.94. The highest BCUT2D eigenvalue weighted by Gasteiger charge is 2.26. The molecule has 6 nitrogen and oxygen atoms in total. The van der Waals surface area contributed by atoms with Gasteiger partial charge in [0.25, 0.3) is 0 Å². The lowest BCUT2D eigenvalue weighted by molar-refractivity contribution is -0.140. The molecule has 0 radical (unpaired) electrons. The molecule has 7 heteroatoms. The smallest absolute Gasteiger partial charge is 0.242 e. The first-order chi connectivity index (χ1) is 15.4. The highest BCUT2D eigenvalue weighted by molar-refractivity contribution is 9.10. The lowest BCUT2D eigenvalue weighted by Gasteiger charge is -2.29. The molecule has 1 N–H and O–H groups in total. The van der Waals surface area contributed by atoms with E-state index >= 15 is 0 Å². The summed E-state index contributed by atoms with van der Waals surface area (Å²) in [6, 6.07) is 12.9. The maximum Gasteiger partial charge on any atom is 0.242 e. The Labute approximate surface area is 199 Å². The van der Waals surface area contributed by atoms with E-state index in [-0.39, 0.29) is 18.2 Å². The van der Waals surface area contributed by atoms with Crippen molar-refractivity contribution in [3.05, 3.63) is 58.1 Å². The lowest BCUT2D eigenvalue weighted by Crippen LogP contribution is -2.47. The van der Waals surface area contributed by atoms with E-state index in [2.05, 4.69) is 28.2 Å². The number of rotatable bonds is 12. The van der Waals surface area contributed by atoms with Gasteiger partial charge in [0, 0.05) is 24.0 Å². The van der Waals surface area contributed by atoms with E-state index in [9.17, 15) is 9.59 Å². The second kappa shape index (κ2) is 13.1. The van der Waals surface area contributed by atoms with Gasteiger partial charge in [0.05, 0.1) is 14.2 Å². The van der Waals surface area contributed by atoms with E-state index in [0.29, 0.717) is 31.0 Å². The Kier molecular flexibility index (Phi) is 10.5. The zero-order valence-electron chi connectivity index (χ0n) is 19.3. The monoisotopic (exact) mass is 504 g/mol. The lowest BCUT2D eigenvalue weighted by atomic mass is 10.1. The first kappa shape index (κ1) is 25.7. The number of carbonyl (C=O) groups excluding carboxylic acids is 2. The SMILES string of the molecule is CCCCNC(=O)[C@H](C)N(Cc1cccc(Br)c1)C(=O)CCc1ccc(OC)c(OC)c1. The number of nitrogens with one attached hydrogen (secondary N) is 1. The number of methoxy groups -OCH3 is 2. The van der Waals surface area contributed by atoms with Crippen LogP contribution in [0.2, 0.25) is 0 Å². The first-order valence-corrected chi connectivity index (χ1v) is 11.7. The summed E-state index contributed by atoms with van der Waals surface area (Å²) in [6.07, 6.45) is 2.74. The summed E-state index contributed by atoms with van der Waals surface area (Å²) < 4.78 is 11.6. The molecule has 0 saturated heterocycles. The number of carbonyl (C=O) groups is 2. The molecule has 2 amide bonds. The molecule has 0 unspecified atom stereocenters. The van der Waals surface area contributed by atoms with Crippen molar-refractivity contribution < 1.29 is 19.1 Å². The van der Waals surface area contributed by atoms with Crippen LogP contribution in [0.1, 0.15) is 44.2 Å². The number of ether oxygens (including phenoxy) is 2. The fourth-order valence-electron chi connectivity index (χ4n) is 3.38. The zero-order valence-corrected chi connectivity index (χ0v) is 20.9. The van der Waals surface area contributed by atoms with Gasteiger partial charge in [-0.05, 0) is 55.2 Å². The minimum absolute atomic E-state index is 0.0714. The summed E-state index contributed by atoms with van der Waals surface area (Å²) in [7, 11) is 3.18. The molecule has 0 fully saturated rings. The van der Waals surface area contributed by atoms with Crippen LogP contribution in [-0.4, -0.2) is 43.5 Å². The number of benzene rings is 2. The van der Waals surface area contributed by atoms with Gasteiger partial charge in [0.15, 0.2) is 11.5 Å². The van der Waals surface area contributed by atoms with Gasteiger partial charge in [-0.2, -0.15) is 0 Å². The van der Waals surface area contributed by atoms with E-state index in [0.717, 1.165) is 28.4 Å². The Balaban J connectivity index is 2.14. The zero-order chi connectivity index (χ0) is 23.5. The topological polar surface area (TPSA) is 67.9 Å². The van der Waals surface area contributed by atoms with Crippen LogP contribution >= 0.6 is 15.9 Å². The van der Waals surface area contributed by atoms with Crippen LogP contribution in [-0.2, 0) is 22.6 Å². The number of aryl methyl sites for hydroxylation is 1. The van der Waals surface area contributed by atoms with Crippen LogP contribution in [0.25, 0.3) is 0 Å². The molecule has 2 aromatic carbocycles. The Bertz CT molecular complexity index is 903. The van der Waals surface area contributed by atoms with Crippen molar-refractivity contribution in [2.24, 2.45) is 0 Å². The normalized spacial score (nSPS) is 11.5. The van der Waals surface area contributed by atoms with Crippen molar-refractivity contribution in [3.63, 3.8) is 0 Å². The molecule has 32 heavy (non-hydrogen) atoms. The van der Waals surface area contributed by atoms with Crippen LogP contribution in [0.5, 0.6) is 11.5 Å². The third kappa shape index (κ3) is 7.55. The van der Waals surface area contributed by atoms with Crippen molar-refractivity contribution in [2.45, 2.75) is 52.1 Å². The number of hydrogen-bond donors (Lipinski definition) is 1. The predicted molar refractivity (Wildman–Crippen MR) is 130 cm³/mol. The summed E-state index contributed by atoms with van der Waals surface area (Å²) >= 11 is 3.48. The first-order valence-electron chi connectivity index (χ1n) is 10.9. The number of halogens is 1. The van der Waals surface area contributed by atoms with Crippen LogP contribution < -0.4 is 14.8 Å². The molecule has 1 atom stereocenters. The standard InChI is InChI=1S/C25H33BrN2O4/c1-5-6-14-27-25(30)18(2)28(17-20-8-7-9-21(26)15-20)24(29)13-11-19-10-12-22(31-3)23(16-19)32-4/h7-10,12,15-16,18H,5-6,11,13-14,17H2,1-4H3,(H,27,30)/t18-/m0/s1. The van der Waals surface area contributed by atoms with Gasteiger partial charge in [-0.25, -0.2) is 0 Å². The minimum Gasteiger partial charge on any atom is -0.493 e. The van der Waals surface area contributed by atoms with Crippen LogP contribution in [0.4, 0.5) is 0 Å². The van der Waals surface area contributed by atoms with Gasteiger partial charge in [-0.1, -0.05) is 47.5 Å².